The van der Waals surface area contributed by atoms with E-state index in [1.165, 1.54) is 19.3 Å². The Morgan fingerprint density at radius 1 is 1.47 bits per heavy atom. The highest BCUT2D eigenvalue weighted by molar-refractivity contribution is 4.97. The Bertz CT molecular complexity index is 280. The van der Waals surface area contributed by atoms with E-state index in [4.69, 9.17) is 0 Å². The summed E-state index contributed by atoms with van der Waals surface area (Å²) in [6.07, 6.45) is 7.51. The molecule has 3 heteroatoms. The zero-order valence-corrected chi connectivity index (χ0v) is 10.3. The molecule has 0 bridgehead atoms. The minimum absolute atomic E-state index is 0.335. The minimum Gasteiger partial charge on any atom is -0.337 e. The van der Waals surface area contributed by atoms with Gasteiger partial charge in [0.05, 0.1) is 6.04 Å². The van der Waals surface area contributed by atoms with Crippen LogP contribution in [0.2, 0.25) is 0 Å². The number of aromatic nitrogens is 2. The van der Waals surface area contributed by atoms with Crippen molar-refractivity contribution in [3.05, 3.63) is 18.2 Å². The van der Waals surface area contributed by atoms with Crippen LogP contribution in [0.3, 0.4) is 0 Å². The van der Waals surface area contributed by atoms with Gasteiger partial charge in [0.15, 0.2) is 0 Å². The molecule has 0 saturated carbocycles. The monoisotopic (exact) mass is 209 g/mol. The molecule has 0 fully saturated rings. The number of aryl methyl sites for hydroxylation is 1. The standard InChI is InChI=1S/C12H23N3/c1-5-7-11(6-2)14-10(3)12-13-8-9-15(12)4/h8-11,14H,5-7H2,1-4H3. The van der Waals surface area contributed by atoms with Crippen molar-refractivity contribution in [3.63, 3.8) is 0 Å². The molecule has 2 atom stereocenters. The van der Waals surface area contributed by atoms with Gasteiger partial charge in [0.1, 0.15) is 5.82 Å². The lowest BCUT2D eigenvalue weighted by Gasteiger charge is -2.21. The molecule has 1 aromatic rings. The van der Waals surface area contributed by atoms with Crippen LogP contribution in [0.25, 0.3) is 0 Å². The normalized spacial score (nSPS) is 15.2. The van der Waals surface area contributed by atoms with Crippen LogP contribution in [0, 0.1) is 0 Å². The molecular formula is C12H23N3. The van der Waals surface area contributed by atoms with Gasteiger partial charge in [-0.2, -0.15) is 0 Å². The quantitative estimate of drug-likeness (QED) is 0.780. The Morgan fingerprint density at radius 3 is 2.67 bits per heavy atom. The highest BCUT2D eigenvalue weighted by Gasteiger charge is 2.13. The number of hydrogen-bond acceptors (Lipinski definition) is 2. The van der Waals surface area contributed by atoms with Crippen molar-refractivity contribution >= 4 is 0 Å². The summed E-state index contributed by atoms with van der Waals surface area (Å²) in [5, 5.41) is 3.63. The van der Waals surface area contributed by atoms with Gasteiger partial charge in [0, 0.05) is 25.5 Å². The van der Waals surface area contributed by atoms with Crippen molar-refractivity contribution in [2.45, 2.75) is 52.1 Å². The fourth-order valence-corrected chi connectivity index (χ4v) is 1.98. The van der Waals surface area contributed by atoms with Crippen molar-refractivity contribution in [1.29, 1.82) is 0 Å². The van der Waals surface area contributed by atoms with E-state index in [1.54, 1.807) is 0 Å². The lowest BCUT2D eigenvalue weighted by Crippen LogP contribution is -2.32. The Morgan fingerprint density at radius 2 is 2.20 bits per heavy atom. The lowest BCUT2D eigenvalue weighted by atomic mass is 10.1. The average molecular weight is 209 g/mol. The van der Waals surface area contributed by atoms with E-state index in [0.717, 1.165) is 5.82 Å². The smallest absolute Gasteiger partial charge is 0.125 e. The number of rotatable bonds is 6. The Kier molecular flexibility index (Phi) is 4.82. The zero-order chi connectivity index (χ0) is 11.3. The molecule has 3 nitrogen and oxygen atoms in total. The summed E-state index contributed by atoms with van der Waals surface area (Å²) in [4.78, 5) is 4.36. The van der Waals surface area contributed by atoms with Gasteiger partial charge < -0.3 is 9.88 Å². The van der Waals surface area contributed by atoms with Crippen LogP contribution in [0.1, 0.15) is 51.9 Å². The predicted octanol–water partition coefficient (Wildman–Crippen LogP) is 2.65. The van der Waals surface area contributed by atoms with Gasteiger partial charge in [-0.3, -0.25) is 0 Å². The van der Waals surface area contributed by atoms with E-state index >= 15 is 0 Å². The third-order valence-electron chi connectivity index (χ3n) is 2.86. The van der Waals surface area contributed by atoms with E-state index in [-0.39, 0.29) is 0 Å². The third kappa shape index (κ3) is 3.34. The largest absolute Gasteiger partial charge is 0.337 e. The predicted molar refractivity (Wildman–Crippen MR) is 63.7 cm³/mol. The van der Waals surface area contributed by atoms with Crippen molar-refractivity contribution in [1.82, 2.24) is 14.9 Å². The maximum atomic E-state index is 4.36. The molecule has 1 rings (SSSR count). The van der Waals surface area contributed by atoms with E-state index in [9.17, 15) is 0 Å². The van der Waals surface area contributed by atoms with Crippen molar-refractivity contribution in [2.24, 2.45) is 7.05 Å². The van der Waals surface area contributed by atoms with Gasteiger partial charge in [-0.1, -0.05) is 20.3 Å². The Hall–Kier alpha value is -0.830. The van der Waals surface area contributed by atoms with Gasteiger partial charge >= 0.3 is 0 Å². The number of imidazole rings is 1. The first-order chi connectivity index (χ1) is 7.19. The second-order valence-electron chi connectivity index (χ2n) is 4.18. The van der Waals surface area contributed by atoms with E-state index in [1.807, 2.05) is 19.4 Å². The SMILES string of the molecule is CCCC(CC)NC(C)c1nccn1C. The van der Waals surface area contributed by atoms with Crippen molar-refractivity contribution in [2.75, 3.05) is 0 Å². The van der Waals surface area contributed by atoms with E-state index in [0.29, 0.717) is 12.1 Å². The molecule has 1 heterocycles. The highest BCUT2D eigenvalue weighted by Crippen LogP contribution is 2.12. The number of nitrogens with zero attached hydrogens (tertiary/aromatic N) is 2. The summed E-state index contributed by atoms with van der Waals surface area (Å²) in [6.45, 7) is 6.65. The second-order valence-corrected chi connectivity index (χ2v) is 4.18. The summed E-state index contributed by atoms with van der Waals surface area (Å²) < 4.78 is 2.08. The van der Waals surface area contributed by atoms with Crippen LogP contribution in [-0.4, -0.2) is 15.6 Å². The van der Waals surface area contributed by atoms with E-state index in [2.05, 4.69) is 35.6 Å². The molecule has 0 spiro atoms. The van der Waals surface area contributed by atoms with Crippen LogP contribution < -0.4 is 5.32 Å². The molecule has 15 heavy (non-hydrogen) atoms. The Balaban J connectivity index is 2.54. The van der Waals surface area contributed by atoms with Gasteiger partial charge in [-0.05, 0) is 19.8 Å². The number of hydrogen-bond donors (Lipinski definition) is 1. The fourth-order valence-electron chi connectivity index (χ4n) is 1.98. The van der Waals surface area contributed by atoms with Gasteiger partial charge in [0.25, 0.3) is 0 Å². The third-order valence-corrected chi connectivity index (χ3v) is 2.86. The van der Waals surface area contributed by atoms with E-state index < -0.39 is 0 Å². The Labute approximate surface area is 92.9 Å². The average Bonchev–Trinajstić information content (AvgIpc) is 2.63. The summed E-state index contributed by atoms with van der Waals surface area (Å²) in [6, 6.07) is 0.947. The lowest BCUT2D eigenvalue weighted by molar-refractivity contribution is 0.402. The summed E-state index contributed by atoms with van der Waals surface area (Å²) in [5.41, 5.74) is 0. The molecular weight excluding hydrogens is 186 g/mol. The fraction of sp³-hybridized carbons (Fsp3) is 0.750. The molecule has 0 aliphatic heterocycles. The van der Waals surface area contributed by atoms with Crippen molar-refractivity contribution < 1.29 is 0 Å². The summed E-state index contributed by atoms with van der Waals surface area (Å²) >= 11 is 0. The first kappa shape index (κ1) is 12.2. The molecule has 86 valence electrons. The molecule has 0 aliphatic carbocycles. The molecule has 2 unspecified atom stereocenters. The van der Waals surface area contributed by atoms with Crippen LogP contribution in [0.5, 0.6) is 0 Å². The van der Waals surface area contributed by atoms with Crippen LogP contribution in [-0.2, 0) is 7.05 Å². The summed E-state index contributed by atoms with van der Waals surface area (Å²) in [7, 11) is 2.04. The molecule has 1 aromatic heterocycles. The second kappa shape index (κ2) is 5.91. The molecule has 0 aliphatic rings. The first-order valence-corrected chi connectivity index (χ1v) is 5.92. The molecule has 0 aromatic carbocycles. The van der Waals surface area contributed by atoms with Gasteiger partial charge in [-0.15, -0.1) is 0 Å². The number of nitrogens with one attached hydrogen (secondary N) is 1. The molecule has 0 radical (unpaired) electrons. The van der Waals surface area contributed by atoms with Gasteiger partial charge in [0.2, 0.25) is 0 Å². The van der Waals surface area contributed by atoms with Crippen LogP contribution in [0.15, 0.2) is 12.4 Å². The zero-order valence-electron chi connectivity index (χ0n) is 10.3. The minimum atomic E-state index is 0.335. The maximum Gasteiger partial charge on any atom is 0.125 e. The maximum absolute atomic E-state index is 4.36. The summed E-state index contributed by atoms with van der Waals surface area (Å²) in [5.74, 6) is 1.12. The topological polar surface area (TPSA) is 29.9 Å². The molecule has 0 saturated heterocycles. The van der Waals surface area contributed by atoms with Crippen LogP contribution >= 0.6 is 0 Å². The van der Waals surface area contributed by atoms with Gasteiger partial charge in [-0.25, -0.2) is 4.98 Å². The first-order valence-electron chi connectivity index (χ1n) is 5.92. The molecule has 0 amide bonds. The highest BCUT2D eigenvalue weighted by atomic mass is 15.1. The molecule has 1 N–H and O–H groups in total. The van der Waals surface area contributed by atoms with Crippen molar-refractivity contribution in [3.8, 4) is 0 Å². The van der Waals surface area contributed by atoms with Crippen LogP contribution in [0.4, 0.5) is 0 Å².